The van der Waals surface area contributed by atoms with Crippen LogP contribution in [0.1, 0.15) is 5.56 Å². The number of hydrogen-bond donors (Lipinski definition) is 1. The molecule has 12 heteroatoms. The maximum absolute atomic E-state index is 15.1. The van der Waals surface area contributed by atoms with Crippen molar-refractivity contribution in [2.75, 3.05) is 20.3 Å². The van der Waals surface area contributed by atoms with Crippen molar-refractivity contribution >= 4 is 23.2 Å². The Hall–Kier alpha value is -4.12. The summed E-state index contributed by atoms with van der Waals surface area (Å²) >= 11 is 5.99. The molecule has 0 bridgehead atoms. The SMILES string of the molecule is CO/N=C(/C1=NOCCO1)c1ccccc1Oc1ncnc(Oc2cccc(O)c2Cl)c1F. The molecule has 0 fully saturated rings. The molecule has 1 aromatic heterocycles. The average molecular weight is 475 g/mol. The van der Waals surface area contributed by atoms with Crippen LogP contribution in [0.5, 0.6) is 29.0 Å². The highest BCUT2D eigenvalue weighted by Gasteiger charge is 2.24. The van der Waals surface area contributed by atoms with Crippen molar-refractivity contribution in [1.82, 2.24) is 9.97 Å². The third-order valence-corrected chi connectivity index (χ3v) is 4.55. The number of rotatable bonds is 7. The minimum absolute atomic E-state index is 0.00240. The first-order valence-electron chi connectivity index (χ1n) is 9.46. The van der Waals surface area contributed by atoms with E-state index in [0.29, 0.717) is 12.2 Å². The Morgan fingerprint density at radius 3 is 2.52 bits per heavy atom. The predicted molar refractivity (Wildman–Crippen MR) is 115 cm³/mol. The summed E-state index contributed by atoms with van der Waals surface area (Å²) in [6.45, 7) is 0.559. The topological polar surface area (TPSA) is 117 Å². The summed E-state index contributed by atoms with van der Waals surface area (Å²) in [7, 11) is 1.36. The molecule has 0 saturated carbocycles. The number of ether oxygens (including phenoxy) is 3. The molecule has 0 radical (unpaired) electrons. The largest absolute Gasteiger partial charge is 0.506 e. The first kappa shape index (κ1) is 22.1. The zero-order valence-electron chi connectivity index (χ0n) is 17.1. The Labute approximate surface area is 191 Å². The summed E-state index contributed by atoms with van der Waals surface area (Å²) in [5.74, 6) is -1.86. The fraction of sp³-hybridized carbons (Fsp3) is 0.143. The predicted octanol–water partition coefficient (Wildman–Crippen LogP) is 4.27. The Kier molecular flexibility index (Phi) is 6.69. The summed E-state index contributed by atoms with van der Waals surface area (Å²) in [6, 6.07) is 10.9. The van der Waals surface area contributed by atoms with Gasteiger partial charge in [-0.05, 0) is 29.4 Å². The van der Waals surface area contributed by atoms with Crippen LogP contribution in [0.25, 0.3) is 0 Å². The quantitative estimate of drug-likeness (QED) is 0.398. The number of aromatic nitrogens is 2. The molecule has 1 aliphatic rings. The van der Waals surface area contributed by atoms with Gasteiger partial charge in [0.15, 0.2) is 18.1 Å². The van der Waals surface area contributed by atoms with E-state index in [2.05, 4.69) is 20.3 Å². The summed E-state index contributed by atoms with van der Waals surface area (Å²) in [4.78, 5) is 17.6. The highest BCUT2D eigenvalue weighted by Crippen LogP contribution is 2.37. The number of oxime groups is 2. The average Bonchev–Trinajstić information content (AvgIpc) is 2.84. The van der Waals surface area contributed by atoms with E-state index >= 15 is 4.39 Å². The van der Waals surface area contributed by atoms with Gasteiger partial charge in [0.1, 0.15) is 36.6 Å². The summed E-state index contributed by atoms with van der Waals surface area (Å²) in [6.07, 6.45) is 1.05. The lowest BCUT2D eigenvalue weighted by molar-refractivity contribution is 0.0672. The molecule has 2 aromatic carbocycles. The van der Waals surface area contributed by atoms with Crippen LogP contribution < -0.4 is 9.47 Å². The Morgan fingerprint density at radius 2 is 1.79 bits per heavy atom. The minimum Gasteiger partial charge on any atom is -0.506 e. The molecule has 0 unspecified atom stereocenters. The number of phenols is 1. The van der Waals surface area contributed by atoms with Crippen molar-refractivity contribution in [2.45, 2.75) is 0 Å². The van der Waals surface area contributed by atoms with E-state index in [4.69, 9.17) is 35.5 Å². The van der Waals surface area contributed by atoms with Crippen LogP contribution in [0.3, 0.4) is 0 Å². The molecular weight excluding hydrogens is 459 g/mol. The van der Waals surface area contributed by atoms with Gasteiger partial charge in [0, 0.05) is 0 Å². The van der Waals surface area contributed by atoms with Crippen LogP contribution >= 0.6 is 11.6 Å². The van der Waals surface area contributed by atoms with E-state index in [9.17, 15) is 5.11 Å². The van der Waals surface area contributed by atoms with Gasteiger partial charge in [-0.25, -0.2) is 0 Å². The maximum Gasteiger partial charge on any atom is 0.280 e. The maximum atomic E-state index is 15.1. The van der Waals surface area contributed by atoms with E-state index in [-0.39, 0.29) is 40.5 Å². The molecule has 0 saturated heterocycles. The second-order valence-electron chi connectivity index (χ2n) is 6.29. The smallest absolute Gasteiger partial charge is 0.280 e. The van der Waals surface area contributed by atoms with Crippen molar-refractivity contribution in [3.8, 4) is 29.0 Å². The Morgan fingerprint density at radius 1 is 1.06 bits per heavy atom. The van der Waals surface area contributed by atoms with Crippen molar-refractivity contribution in [1.29, 1.82) is 0 Å². The number of benzene rings is 2. The number of phenolic OH excluding ortho intramolecular Hbond substituents is 1. The molecule has 1 aliphatic heterocycles. The zero-order valence-corrected chi connectivity index (χ0v) is 17.8. The van der Waals surface area contributed by atoms with Gasteiger partial charge in [0.2, 0.25) is 5.82 Å². The first-order valence-corrected chi connectivity index (χ1v) is 9.83. The molecule has 170 valence electrons. The number of para-hydroxylation sites is 1. The third-order valence-electron chi connectivity index (χ3n) is 4.17. The van der Waals surface area contributed by atoms with Crippen LogP contribution in [0.15, 0.2) is 59.1 Å². The summed E-state index contributed by atoms with van der Waals surface area (Å²) in [5.41, 5.74) is 0.547. The normalized spacial score (nSPS) is 13.4. The lowest BCUT2D eigenvalue weighted by atomic mass is 10.1. The Balaban J connectivity index is 1.67. The number of hydrogen-bond acceptors (Lipinski definition) is 10. The van der Waals surface area contributed by atoms with Crippen molar-refractivity contribution in [3.63, 3.8) is 0 Å². The second kappa shape index (κ2) is 10.0. The molecular formula is C21H16ClFN4O6. The number of halogens is 2. The molecule has 0 spiro atoms. The zero-order chi connectivity index (χ0) is 23.2. The van der Waals surface area contributed by atoms with Crippen LogP contribution in [-0.2, 0) is 14.4 Å². The molecule has 2 heterocycles. The standard InChI is InChI=1S/C21H16ClFN4O6/c1-29-26-18(21-27-31-10-9-30-21)12-5-2-3-7-14(12)32-19-17(23)20(25-11-24-19)33-15-8-4-6-13(28)16(15)22/h2-8,11,28H,9-10H2,1H3/b26-18+. The fourth-order valence-corrected chi connectivity index (χ4v) is 2.90. The number of nitrogens with zero attached hydrogens (tertiary/aromatic N) is 4. The van der Waals surface area contributed by atoms with E-state index in [1.807, 2.05) is 0 Å². The van der Waals surface area contributed by atoms with Gasteiger partial charge in [0.05, 0.1) is 5.56 Å². The van der Waals surface area contributed by atoms with Crippen molar-refractivity contribution < 1.29 is 33.4 Å². The fourth-order valence-electron chi connectivity index (χ4n) is 2.73. The van der Waals surface area contributed by atoms with Crippen LogP contribution in [0, 0.1) is 5.82 Å². The van der Waals surface area contributed by atoms with Crippen LogP contribution in [0.2, 0.25) is 5.02 Å². The third kappa shape index (κ3) is 4.88. The number of aromatic hydroxyl groups is 1. The van der Waals surface area contributed by atoms with E-state index in [1.165, 1.54) is 25.3 Å². The Bertz CT molecular complexity index is 1220. The summed E-state index contributed by atoms with van der Waals surface area (Å²) < 4.78 is 31.7. The second-order valence-corrected chi connectivity index (χ2v) is 6.67. The van der Waals surface area contributed by atoms with Gasteiger partial charge in [-0.15, -0.1) is 0 Å². The molecule has 0 atom stereocenters. The molecule has 0 aliphatic carbocycles. The monoisotopic (exact) mass is 474 g/mol. The van der Waals surface area contributed by atoms with Gasteiger partial charge in [-0.3, -0.25) is 0 Å². The molecule has 0 amide bonds. The molecule has 1 N–H and O–H groups in total. The van der Waals surface area contributed by atoms with Crippen molar-refractivity contribution in [2.24, 2.45) is 10.3 Å². The van der Waals surface area contributed by atoms with Crippen molar-refractivity contribution in [3.05, 3.63) is 65.2 Å². The van der Waals surface area contributed by atoms with Crippen LogP contribution in [-0.4, -0.2) is 47.0 Å². The molecule has 10 nitrogen and oxygen atoms in total. The van der Waals surface area contributed by atoms with E-state index in [1.54, 1.807) is 24.3 Å². The molecule has 3 aromatic rings. The minimum atomic E-state index is -0.994. The highest BCUT2D eigenvalue weighted by molar-refractivity contribution is 6.45. The summed E-state index contributed by atoms with van der Waals surface area (Å²) in [5, 5.41) is 17.4. The lowest BCUT2D eigenvalue weighted by Gasteiger charge is -2.17. The molecule has 33 heavy (non-hydrogen) atoms. The van der Waals surface area contributed by atoms with Gasteiger partial charge >= 0.3 is 0 Å². The van der Waals surface area contributed by atoms with E-state index in [0.717, 1.165) is 6.33 Å². The molecule has 4 rings (SSSR count). The highest BCUT2D eigenvalue weighted by atomic mass is 35.5. The van der Waals surface area contributed by atoms with Gasteiger partial charge < -0.3 is 29.0 Å². The van der Waals surface area contributed by atoms with E-state index < -0.39 is 17.6 Å². The van der Waals surface area contributed by atoms with Gasteiger partial charge in [-0.1, -0.05) is 35.0 Å². The first-order chi connectivity index (χ1) is 16.1. The van der Waals surface area contributed by atoms with Gasteiger partial charge in [0.25, 0.3) is 17.7 Å². The van der Waals surface area contributed by atoms with Gasteiger partial charge in [-0.2, -0.15) is 14.4 Å². The van der Waals surface area contributed by atoms with Crippen LogP contribution in [0.4, 0.5) is 4.39 Å². The lowest BCUT2D eigenvalue weighted by Crippen LogP contribution is -2.25.